The summed E-state index contributed by atoms with van der Waals surface area (Å²) in [5.74, 6) is 1.33. The molecule has 0 aliphatic carbocycles. The van der Waals surface area contributed by atoms with Gasteiger partial charge in [-0.15, -0.1) is 0 Å². The maximum Gasteiger partial charge on any atom is 0.218 e. The van der Waals surface area contributed by atoms with Gasteiger partial charge in [-0.3, -0.25) is 0 Å². The fourth-order valence-corrected chi connectivity index (χ4v) is 1.88. The number of benzene rings is 1. The van der Waals surface area contributed by atoms with Crippen LogP contribution in [0.3, 0.4) is 0 Å². The topological polar surface area (TPSA) is 35.0 Å². The first-order valence-electron chi connectivity index (χ1n) is 5.97. The Kier molecular flexibility index (Phi) is 4.61. The Bertz CT molecular complexity index is 573. The van der Waals surface area contributed by atoms with Gasteiger partial charge in [0.25, 0.3) is 0 Å². The van der Waals surface area contributed by atoms with Crippen LogP contribution in [0.2, 0.25) is 10.2 Å². The lowest BCUT2D eigenvalue weighted by atomic mass is 10.2. The quantitative estimate of drug-likeness (QED) is 0.780. The number of nitrogens with zero attached hydrogens (tertiary/aromatic N) is 2. The standard InChI is InChI=1S/C14H14Cl2N2O/c1-9(2)14-17-12(16)7-13(18-14)19-8-10-5-3-4-6-11(10)15/h3-7,9H,8H2,1-2H3. The van der Waals surface area contributed by atoms with Crippen LogP contribution in [0.4, 0.5) is 0 Å². The third kappa shape index (κ3) is 3.82. The molecule has 19 heavy (non-hydrogen) atoms. The third-order valence-corrected chi connectivity index (χ3v) is 3.10. The number of aromatic nitrogens is 2. The molecule has 0 unspecified atom stereocenters. The van der Waals surface area contributed by atoms with E-state index in [1.165, 1.54) is 0 Å². The zero-order valence-electron chi connectivity index (χ0n) is 10.7. The minimum atomic E-state index is 0.196. The molecule has 0 N–H and O–H groups in total. The summed E-state index contributed by atoms with van der Waals surface area (Å²) in [6.07, 6.45) is 0. The molecule has 0 aliphatic rings. The van der Waals surface area contributed by atoms with E-state index < -0.39 is 0 Å². The lowest BCUT2D eigenvalue weighted by Crippen LogP contribution is -2.03. The van der Waals surface area contributed by atoms with Crippen molar-refractivity contribution >= 4 is 23.2 Å². The van der Waals surface area contributed by atoms with E-state index >= 15 is 0 Å². The van der Waals surface area contributed by atoms with Crippen LogP contribution in [0.5, 0.6) is 5.88 Å². The Hall–Kier alpha value is -1.32. The van der Waals surface area contributed by atoms with Crippen LogP contribution in [0.15, 0.2) is 30.3 Å². The molecule has 0 fully saturated rings. The van der Waals surface area contributed by atoms with E-state index in [4.69, 9.17) is 27.9 Å². The van der Waals surface area contributed by atoms with Crippen LogP contribution in [-0.2, 0) is 6.61 Å². The predicted octanol–water partition coefficient (Wildman–Crippen LogP) is 4.49. The number of rotatable bonds is 4. The molecular weight excluding hydrogens is 283 g/mol. The van der Waals surface area contributed by atoms with Crippen LogP contribution in [0.25, 0.3) is 0 Å². The zero-order valence-corrected chi connectivity index (χ0v) is 12.2. The van der Waals surface area contributed by atoms with E-state index in [1.807, 2.05) is 38.1 Å². The van der Waals surface area contributed by atoms with Gasteiger partial charge in [-0.1, -0.05) is 55.2 Å². The molecule has 1 aromatic carbocycles. The molecule has 1 aromatic heterocycles. The van der Waals surface area contributed by atoms with Crippen molar-refractivity contribution in [3.63, 3.8) is 0 Å². The van der Waals surface area contributed by atoms with Crippen LogP contribution >= 0.6 is 23.2 Å². The molecule has 0 atom stereocenters. The second-order valence-electron chi connectivity index (χ2n) is 4.42. The van der Waals surface area contributed by atoms with Gasteiger partial charge >= 0.3 is 0 Å². The summed E-state index contributed by atoms with van der Waals surface area (Å²) < 4.78 is 5.62. The second kappa shape index (κ2) is 6.22. The first-order valence-corrected chi connectivity index (χ1v) is 6.72. The number of hydrogen-bond donors (Lipinski definition) is 0. The van der Waals surface area contributed by atoms with Gasteiger partial charge in [0.1, 0.15) is 17.6 Å². The van der Waals surface area contributed by atoms with Gasteiger partial charge in [-0.2, -0.15) is 4.98 Å². The smallest absolute Gasteiger partial charge is 0.218 e. The van der Waals surface area contributed by atoms with Crippen molar-refractivity contribution in [3.8, 4) is 5.88 Å². The Morgan fingerprint density at radius 3 is 2.58 bits per heavy atom. The monoisotopic (exact) mass is 296 g/mol. The Balaban J connectivity index is 2.14. The molecule has 1 heterocycles. The van der Waals surface area contributed by atoms with E-state index in [1.54, 1.807) is 6.07 Å². The highest BCUT2D eigenvalue weighted by atomic mass is 35.5. The summed E-state index contributed by atoms with van der Waals surface area (Å²) in [7, 11) is 0. The maximum absolute atomic E-state index is 6.06. The lowest BCUT2D eigenvalue weighted by Gasteiger charge is -2.09. The Morgan fingerprint density at radius 2 is 1.89 bits per heavy atom. The fraction of sp³-hybridized carbons (Fsp3) is 0.286. The third-order valence-electron chi connectivity index (χ3n) is 2.54. The largest absolute Gasteiger partial charge is 0.473 e. The van der Waals surface area contributed by atoms with Gasteiger partial charge in [0.15, 0.2) is 0 Å². The minimum absolute atomic E-state index is 0.196. The second-order valence-corrected chi connectivity index (χ2v) is 5.22. The molecule has 0 saturated heterocycles. The fourth-order valence-electron chi connectivity index (χ4n) is 1.51. The van der Waals surface area contributed by atoms with E-state index in [0.717, 1.165) is 5.56 Å². The molecular formula is C14H14Cl2N2O. The minimum Gasteiger partial charge on any atom is -0.473 e. The van der Waals surface area contributed by atoms with Crippen molar-refractivity contribution in [3.05, 3.63) is 51.9 Å². The zero-order chi connectivity index (χ0) is 13.8. The molecule has 0 aliphatic heterocycles. The summed E-state index contributed by atoms with van der Waals surface area (Å²) in [4.78, 5) is 8.47. The van der Waals surface area contributed by atoms with Crippen LogP contribution < -0.4 is 4.74 Å². The first-order chi connectivity index (χ1) is 9.06. The number of ether oxygens (including phenoxy) is 1. The van der Waals surface area contributed by atoms with Crippen molar-refractivity contribution < 1.29 is 4.74 Å². The van der Waals surface area contributed by atoms with E-state index in [0.29, 0.717) is 28.5 Å². The van der Waals surface area contributed by atoms with Crippen molar-refractivity contribution in [2.24, 2.45) is 0 Å². The van der Waals surface area contributed by atoms with Crippen molar-refractivity contribution in [1.82, 2.24) is 9.97 Å². The molecule has 0 spiro atoms. The number of hydrogen-bond acceptors (Lipinski definition) is 3. The van der Waals surface area contributed by atoms with Crippen LogP contribution in [0, 0.1) is 0 Å². The van der Waals surface area contributed by atoms with Crippen molar-refractivity contribution in [1.29, 1.82) is 0 Å². The first kappa shape index (κ1) is 14.1. The van der Waals surface area contributed by atoms with E-state index in [9.17, 15) is 0 Å². The van der Waals surface area contributed by atoms with Crippen molar-refractivity contribution in [2.45, 2.75) is 26.4 Å². The summed E-state index contributed by atoms with van der Waals surface area (Å²) in [5, 5.41) is 1.06. The molecule has 0 amide bonds. The predicted molar refractivity (Wildman–Crippen MR) is 76.9 cm³/mol. The van der Waals surface area contributed by atoms with Gasteiger partial charge in [0, 0.05) is 22.6 Å². The molecule has 100 valence electrons. The van der Waals surface area contributed by atoms with Gasteiger partial charge in [-0.05, 0) is 6.07 Å². The summed E-state index contributed by atoms with van der Waals surface area (Å²) >= 11 is 12.0. The van der Waals surface area contributed by atoms with E-state index in [2.05, 4.69) is 9.97 Å². The molecule has 5 heteroatoms. The van der Waals surface area contributed by atoms with E-state index in [-0.39, 0.29) is 5.92 Å². The highest BCUT2D eigenvalue weighted by molar-refractivity contribution is 6.31. The van der Waals surface area contributed by atoms with Crippen LogP contribution in [-0.4, -0.2) is 9.97 Å². The molecule has 2 rings (SSSR count). The van der Waals surface area contributed by atoms with Crippen molar-refractivity contribution in [2.75, 3.05) is 0 Å². The highest BCUT2D eigenvalue weighted by Crippen LogP contribution is 2.21. The van der Waals surface area contributed by atoms with Gasteiger partial charge in [-0.25, -0.2) is 4.98 Å². The molecule has 0 saturated carbocycles. The average Bonchev–Trinajstić information content (AvgIpc) is 2.37. The van der Waals surface area contributed by atoms with Crippen LogP contribution in [0.1, 0.15) is 31.2 Å². The lowest BCUT2D eigenvalue weighted by molar-refractivity contribution is 0.292. The molecule has 3 nitrogen and oxygen atoms in total. The summed E-state index contributed by atoms with van der Waals surface area (Å²) in [5.41, 5.74) is 0.907. The summed E-state index contributed by atoms with van der Waals surface area (Å²) in [6.45, 7) is 4.36. The highest BCUT2D eigenvalue weighted by Gasteiger charge is 2.08. The molecule has 0 bridgehead atoms. The average molecular weight is 297 g/mol. The van der Waals surface area contributed by atoms with Gasteiger partial charge in [0.2, 0.25) is 5.88 Å². The molecule has 2 aromatic rings. The van der Waals surface area contributed by atoms with Gasteiger partial charge < -0.3 is 4.74 Å². The normalized spacial score (nSPS) is 10.8. The van der Waals surface area contributed by atoms with Gasteiger partial charge in [0.05, 0.1) is 0 Å². The molecule has 0 radical (unpaired) electrons. The maximum atomic E-state index is 6.06. The number of halogens is 2. The SMILES string of the molecule is CC(C)c1nc(Cl)cc(OCc2ccccc2Cl)n1. The summed E-state index contributed by atoms with van der Waals surface area (Å²) in [6, 6.07) is 9.13. The Morgan fingerprint density at radius 1 is 1.16 bits per heavy atom. The Labute approximate surface area is 122 Å².